The summed E-state index contributed by atoms with van der Waals surface area (Å²) in [5, 5.41) is 9.03. The number of hydrogen-bond donors (Lipinski definition) is 1. The predicted molar refractivity (Wildman–Crippen MR) is 62.3 cm³/mol. The van der Waals surface area contributed by atoms with Crippen LogP contribution in [0, 0.1) is 5.92 Å². The van der Waals surface area contributed by atoms with Gasteiger partial charge in [0.25, 0.3) is 5.56 Å². The van der Waals surface area contributed by atoms with E-state index in [0.717, 1.165) is 11.0 Å². The Kier molecular flexibility index (Phi) is 3.01. The Labute approximate surface area is 93.2 Å². The van der Waals surface area contributed by atoms with Crippen molar-refractivity contribution in [2.75, 3.05) is 6.61 Å². The van der Waals surface area contributed by atoms with Gasteiger partial charge < -0.3 is 9.67 Å². The number of fused-ring (bicyclic) bond motifs is 1. The van der Waals surface area contributed by atoms with Crippen LogP contribution in [-0.4, -0.2) is 21.3 Å². The zero-order valence-corrected chi connectivity index (χ0v) is 9.13. The molecule has 0 amide bonds. The number of benzene rings is 1. The third kappa shape index (κ3) is 1.97. The summed E-state index contributed by atoms with van der Waals surface area (Å²) in [6, 6.07) is 7.51. The average molecular weight is 218 g/mol. The van der Waals surface area contributed by atoms with Gasteiger partial charge in [0.2, 0.25) is 0 Å². The largest absolute Gasteiger partial charge is 0.396 e. The number of hydrogen-bond acceptors (Lipinski definition) is 3. The number of nitrogens with zero attached hydrogens (tertiary/aromatic N) is 2. The van der Waals surface area contributed by atoms with Crippen LogP contribution in [0.25, 0.3) is 11.0 Å². The molecule has 0 fully saturated rings. The van der Waals surface area contributed by atoms with Gasteiger partial charge in [-0.05, 0) is 18.1 Å². The molecular weight excluding hydrogens is 204 g/mol. The zero-order valence-electron chi connectivity index (χ0n) is 9.13. The summed E-state index contributed by atoms with van der Waals surface area (Å²) in [6.07, 6.45) is 1.33. The topological polar surface area (TPSA) is 55.1 Å². The minimum atomic E-state index is -0.126. The highest BCUT2D eigenvalue weighted by molar-refractivity contribution is 5.74. The second kappa shape index (κ2) is 4.45. The van der Waals surface area contributed by atoms with Gasteiger partial charge in [-0.15, -0.1) is 0 Å². The van der Waals surface area contributed by atoms with Crippen LogP contribution < -0.4 is 5.56 Å². The van der Waals surface area contributed by atoms with Crippen molar-refractivity contribution in [1.82, 2.24) is 9.55 Å². The first-order valence-corrected chi connectivity index (χ1v) is 5.28. The van der Waals surface area contributed by atoms with Crippen molar-refractivity contribution < 1.29 is 5.11 Å². The van der Waals surface area contributed by atoms with Crippen LogP contribution in [0.4, 0.5) is 0 Å². The molecule has 84 valence electrons. The fourth-order valence-corrected chi connectivity index (χ4v) is 1.67. The fourth-order valence-electron chi connectivity index (χ4n) is 1.67. The van der Waals surface area contributed by atoms with Crippen molar-refractivity contribution in [1.29, 1.82) is 0 Å². The first-order valence-electron chi connectivity index (χ1n) is 5.28. The van der Waals surface area contributed by atoms with Crippen LogP contribution in [0.2, 0.25) is 0 Å². The van der Waals surface area contributed by atoms with E-state index in [1.165, 1.54) is 6.20 Å². The van der Waals surface area contributed by atoms with Crippen molar-refractivity contribution >= 4 is 11.0 Å². The van der Waals surface area contributed by atoms with Gasteiger partial charge >= 0.3 is 0 Å². The Balaban J connectivity index is 2.57. The molecule has 16 heavy (non-hydrogen) atoms. The van der Waals surface area contributed by atoms with Crippen molar-refractivity contribution in [2.45, 2.75) is 13.5 Å². The van der Waals surface area contributed by atoms with Crippen molar-refractivity contribution in [2.24, 2.45) is 5.92 Å². The minimum Gasteiger partial charge on any atom is -0.396 e. The van der Waals surface area contributed by atoms with E-state index in [0.29, 0.717) is 6.54 Å². The molecule has 1 aromatic carbocycles. The highest BCUT2D eigenvalue weighted by Crippen LogP contribution is 2.09. The van der Waals surface area contributed by atoms with Gasteiger partial charge in [0.15, 0.2) is 0 Å². The molecule has 1 atom stereocenters. The first-order chi connectivity index (χ1) is 7.72. The third-order valence-corrected chi connectivity index (χ3v) is 2.56. The number of aliphatic hydroxyl groups excluding tert-OH is 1. The Bertz CT molecular complexity index is 548. The Morgan fingerprint density at radius 2 is 2.19 bits per heavy atom. The van der Waals surface area contributed by atoms with Gasteiger partial charge in [-0.3, -0.25) is 4.79 Å². The van der Waals surface area contributed by atoms with Gasteiger partial charge in [-0.25, -0.2) is 4.98 Å². The molecule has 1 N–H and O–H groups in total. The third-order valence-electron chi connectivity index (χ3n) is 2.56. The molecule has 0 bridgehead atoms. The van der Waals surface area contributed by atoms with E-state index in [2.05, 4.69) is 4.98 Å². The normalized spacial score (nSPS) is 12.9. The van der Waals surface area contributed by atoms with Crippen molar-refractivity contribution in [3.05, 3.63) is 40.8 Å². The minimum absolute atomic E-state index is 0.0588. The second-order valence-corrected chi connectivity index (χ2v) is 3.98. The molecule has 1 aromatic heterocycles. The Hall–Kier alpha value is -1.68. The standard InChI is InChI=1S/C12H14N2O2/c1-9(8-15)7-14-11-5-3-2-4-10(11)13-6-12(14)16/h2-6,9,15H,7-8H2,1H3. The van der Waals surface area contributed by atoms with Crippen molar-refractivity contribution in [3.63, 3.8) is 0 Å². The quantitative estimate of drug-likeness (QED) is 0.837. The van der Waals surface area contributed by atoms with Gasteiger partial charge in [0.05, 0.1) is 17.2 Å². The molecule has 2 aromatic rings. The zero-order chi connectivity index (χ0) is 11.5. The molecule has 1 unspecified atom stereocenters. The molecule has 2 rings (SSSR count). The molecular formula is C12H14N2O2. The SMILES string of the molecule is CC(CO)Cn1c(=O)cnc2ccccc21. The van der Waals surface area contributed by atoms with Gasteiger partial charge in [0.1, 0.15) is 0 Å². The Morgan fingerprint density at radius 3 is 2.94 bits per heavy atom. The van der Waals surface area contributed by atoms with Gasteiger partial charge in [-0.1, -0.05) is 19.1 Å². The highest BCUT2D eigenvalue weighted by atomic mass is 16.3. The smallest absolute Gasteiger partial charge is 0.269 e. The van der Waals surface area contributed by atoms with Crippen LogP contribution in [0.1, 0.15) is 6.92 Å². The molecule has 0 saturated carbocycles. The molecule has 0 radical (unpaired) electrons. The van der Waals surface area contributed by atoms with E-state index < -0.39 is 0 Å². The van der Waals surface area contributed by atoms with Crippen LogP contribution in [0.15, 0.2) is 35.3 Å². The van der Waals surface area contributed by atoms with Crippen molar-refractivity contribution in [3.8, 4) is 0 Å². The van der Waals surface area contributed by atoms with Gasteiger partial charge in [0, 0.05) is 13.2 Å². The van der Waals surface area contributed by atoms with E-state index in [4.69, 9.17) is 5.11 Å². The summed E-state index contributed by atoms with van der Waals surface area (Å²) in [6.45, 7) is 2.49. The van der Waals surface area contributed by atoms with Gasteiger partial charge in [-0.2, -0.15) is 0 Å². The summed E-state index contributed by atoms with van der Waals surface area (Å²) in [7, 11) is 0. The summed E-state index contributed by atoms with van der Waals surface area (Å²) >= 11 is 0. The maximum Gasteiger partial charge on any atom is 0.269 e. The number of aromatic nitrogens is 2. The Morgan fingerprint density at radius 1 is 1.44 bits per heavy atom. The summed E-state index contributed by atoms with van der Waals surface area (Å²) < 4.78 is 1.66. The molecule has 4 heteroatoms. The molecule has 0 aliphatic rings. The molecule has 1 heterocycles. The molecule has 0 aliphatic heterocycles. The lowest BCUT2D eigenvalue weighted by Crippen LogP contribution is -2.24. The second-order valence-electron chi connectivity index (χ2n) is 3.98. The maximum atomic E-state index is 11.7. The summed E-state index contributed by atoms with van der Waals surface area (Å²) in [4.78, 5) is 15.8. The first kappa shape index (κ1) is 10.8. The van der Waals surface area contributed by atoms with Crippen LogP contribution in [0.5, 0.6) is 0 Å². The number of aliphatic hydroxyl groups is 1. The predicted octanol–water partition coefficient (Wildman–Crippen LogP) is 1.02. The maximum absolute atomic E-state index is 11.7. The lowest BCUT2D eigenvalue weighted by molar-refractivity contribution is 0.223. The van der Waals surface area contributed by atoms with E-state index in [1.807, 2.05) is 31.2 Å². The lowest BCUT2D eigenvalue weighted by Gasteiger charge is -2.12. The number of rotatable bonds is 3. The molecule has 0 spiro atoms. The molecule has 0 aliphatic carbocycles. The molecule has 4 nitrogen and oxygen atoms in total. The van der Waals surface area contributed by atoms with E-state index in [1.54, 1.807) is 4.57 Å². The fraction of sp³-hybridized carbons (Fsp3) is 0.333. The number of para-hydroxylation sites is 2. The monoisotopic (exact) mass is 218 g/mol. The highest BCUT2D eigenvalue weighted by Gasteiger charge is 2.07. The van der Waals surface area contributed by atoms with E-state index in [-0.39, 0.29) is 18.1 Å². The van der Waals surface area contributed by atoms with Crippen LogP contribution in [0.3, 0.4) is 0 Å². The van der Waals surface area contributed by atoms with E-state index in [9.17, 15) is 4.79 Å². The van der Waals surface area contributed by atoms with Crippen LogP contribution >= 0.6 is 0 Å². The van der Waals surface area contributed by atoms with E-state index >= 15 is 0 Å². The van der Waals surface area contributed by atoms with Crippen LogP contribution in [-0.2, 0) is 6.54 Å². The lowest BCUT2D eigenvalue weighted by atomic mass is 10.2. The summed E-state index contributed by atoms with van der Waals surface area (Å²) in [5.74, 6) is 0.0588. The average Bonchev–Trinajstić information content (AvgIpc) is 2.32. The molecule has 0 saturated heterocycles. The summed E-state index contributed by atoms with van der Waals surface area (Å²) in [5.41, 5.74) is 1.49.